The van der Waals surface area contributed by atoms with Crippen LogP contribution in [0, 0.1) is 13.8 Å². The second kappa shape index (κ2) is 7.36. The maximum atomic E-state index is 12.0. The summed E-state index contributed by atoms with van der Waals surface area (Å²) < 4.78 is 0. The number of amides is 1. The number of thiophene rings is 1. The van der Waals surface area contributed by atoms with Crippen LogP contribution in [0.4, 0.5) is 0 Å². The summed E-state index contributed by atoms with van der Waals surface area (Å²) in [6.45, 7) is 5.96. The first-order valence-corrected chi connectivity index (χ1v) is 8.23. The minimum Gasteiger partial charge on any atom is -0.350 e. The fourth-order valence-electron chi connectivity index (χ4n) is 2.40. The Kier molecular flexibility index (Phi) is 5.50. The van der Waals surface area contributed by atoms with Gasteiger partial charge in [-0.15, -0.1) is 11.3 Å². The molecule has 1 N–H and O–H groups in total. The second-order valence-electron chi connectivity index (χ2n) is 5.48. The Balaban J connectivity index is 1.85. The normalized spacial score (nSPS) is 12.0. The zero-order chi connectivity index (χ0) is 16.1. The Morgan fingerprint density at radius 2 is 1.82 bits per heavy atom. The van der Waals surface area contributed by atoms with Gasteiger partial charge in [-0.25, -0.2) is 0 Å². The Hall–Kier alpha value is -1.94. The Bertz CT molecular complexity index is 675. The monoisotopic (exact) mass is 315 g/mol. The molecule has 4 heteroatoms. The Morgan fingerprint density at radius 1 is 1.09 bits per heavy atom. The van der Waals surface area contributed by atoms with E-state index in [2.05, 4.69) is 5.32 Å². The van der Waals surface area contributed by atoms with E-state index in [4.69, 9.17) is 0 Å². The number of carbonyl (C=O) groups is 2. The quantitative estimate of drug-likeness (QED) is 0.812. The molecule has 1 aromatic carbocycles. The van der Waals surface area contributed by atoms with E-state index in [1.54, 1.807) is 0 Å². The van der Waals surface area contributed by atoms with Crippen LogP contribution in [-0.4, -0.2) is 11.7 Å². The molecule has 3 nitrogen and oxygen atoms in total. The highest BCUT2D eigenvalue weighted by Crippen LogP contribution is 2.19. The summed E-state index contributed by atoms with van der Waals surface area (Å²) in [6, 6.07) is 11.7. The summed E-state index contributed by atoms with van der Waals surface area (Å²) >= 11 is 1.48. The maximum Gasteiger partial charge on any atom is 0.220 e. The highest BCUT2D eigenvalue weighted by atomic mass is 32.1. The van der Waals surface area contributed by atoms with Gasteiger partial charge in [0.05, 0.1) is 10.9 Å². The van der Waals surface area contributed by atoms with E-state index in [0.29, 0.717) is 0 Å². The summed E-state index contributed by atoms with van der Waals surface area (Å²) in [6.07, 6.45) is 0.484. The molecule has 1 unspecified atom stereocenters. The van der Waals surface area contributed by atoms with Crippen LogP contribution in [0.2, 0.25) is 0 Å². The van der Waals surface area contributed by atoms with Crippen LogP contribution >= 0.6 is 11.3 Å². The number of carbonyl (C=O) groups excluding carboxylic acids is 2. The highest BCUT2D eigenvalue weighted by Gasteiger charge is 2.14. The lowest BCUT2D eigenvalue weighted by molar-refractivity contribution is -0.121. The lowest BCUT2D eigenvalue weighted by Crippen LogP contribution is -2.27. The molecule has 0 fully saturated rings. The molecule has 0 aliphatic carbocycles. The molecule has 2 rings (SSSR count). The third-order valence-corrected chi connectivity index (χ3v) is 4.67. The van der Waals surface area contributed by atoms with Crippen molar-refractivity contribution in [2.75, 3.05) is 0 Å². The fourth-order valence-corrected chi connectivity index (χ4v) is 3.23. The predicted octanol–water partition coefficient (Wildman–Crippen LogP) is 4.21. The molecule has 1 atom stereocenters. The SMILES string of the molecule is Cc1ccc(C(=O)CCC(=O)NC(C)c2ccccc2C)s1. The van der Waals surface area contributed by atoms with Crippen LogP contribution in [0.1, 0.15) is 51.5 Å². The largest absolute Gasteiger partial charge is 0.350 e. The van der Waals surface area contributed by atoms with Gasteiger partial charge in [-0.05, 0) is 44.0 Å². The maximum absolute atomic E-state index is 12.0. The summed E-state index contributed by atoms with van der Waals surface area (Å²) in [5.74, 6) is -0.0471. The molecule has 1 heterocycles. The van der Waals surface area contributed by atoms with Crippen LogP contribution in [0.5, 0.6) is 0 Å². The van der Waals surface area contributed by atoms with Crippen molar-refractivity contribution in [3.8, 4) is 0 Å². The molecule has 22 heavy (non-hydrogen) atoms. The van der Waals surface area contributed by atoms with Crippen LogP contribution in [0.15, 0.2) is 36.4 Å². The van der Waals surface area contributed by atoms with E-state index in [-0.39, 0.29) is 30.6 Å². The fraction of sp³-hybridized carbons (Fsp3) is 0.333. The van der Waals surface area contributed by atoms with Gasteiger partial charge in [0, 0.05) is 17.7 Å². The molecule has 0 aliphatic rings. The molecule has 0 radical (unpaired) electrons. The molecule has 116 valence electrons. The minimum atomic E-state index is -0.0858. The van der Waals surface area contributed by atoms with Gasteiger partial charge >= 0.3 is 0 Å². The van der Waals surface area contributed by atoms with Crippen molar-refractivity contribution in [3.63, 3.8) is 0 Å². The third-order valence-electron chi connectivity index (χ3n) is 3.63. The van der Waals surface area contributed by atoms with E-state index in [1.807, 2.05) is 57.2 Å². The van der Waals surface area contributed by atoms with Crippen molar-refractivity contribution in [2.45, 2.75) is 39.7 Å². The van der Waals surface area contributed by atoms with Crippen LogP contribution in [0.3, 0.4) is 0 Å². The first-order valence-electron chi connectivity index (χ1n) is 7.42. The van der Waals surface area contributed by atoms with Gasteiger partial charge in [-0.1, -0.05) is 24.3 Å². The van der Waals surface area contributed by atoms with Gasteiger partial charge in [-0.3, -0.25) is 9.59 Å². The standard InChI is InChI=1S/C18H21NO2S/c1-12-6-4-5-7-15(12)14(3)19-18(21)11-9-16(20)17-10-8-13(2)22-17/h4-8,10,14H,9,11H2,1-3H3,(H,19,21). The summed E-state index contributed by atoms with van der Waals surface area (Å²) in [5, 5.41) is 2.96. The Labute approximate surface area is 135 Å². The molecule has 1 aromatic heterocycles. The number of ketones is 1. The van der Waals surface area contributed by atoms with Crippen molar-refractivity contribution < 1.29 is 9.59 Å². The van der Waals surface area contributed by atoms with E-state index in [1.165, 1.54) is 11.3 Å². The van der Waals surface area contributed by atoms with Gasteiger partial charge in [-0.2, -0.15) is 0 Å². The number of nitrogens with one attached hydrogen (secondary N) is 1. The van der Waals surface area contributed by atoms with Gasteiger partial charge < -0.3 is 5.32 Å². The van der Waals surface area contributed by atoms with Gasteiger partial charge in [0.25, 0.3) is 0 Å². The molecule has 0 saturated carbocycles. The number of benzene rings is 1. The number of Topliss-reactive ketones (excluding diaryl/α,β-unsaturated/α-hetero) is 1. The minimum absolute atomic E-state index is 0.0387. The van der Waals surface area contributed by atoms with Crippen molar-refractivity contribution >= 4 is 23.0 Å². The summed E-state index contributed by atoms with van der Waals surface area (Å²) in [4.78, 5) is 25.9. The second-order valence-corrected chi connectivity index (χ2v) is 6.77. The molecule has 2 aromatic rings. The van der Waals surface area contributed by atoms with E-state index < -0.39 is 0 Å². The number of rotatable bonds is 6. The summed E-state index contributed by atoms with van der Waals surface area (Å²) in [7, 11) is 0. The zero-order valence-corrected chi connectivity index (χ0v) is 14.0. The molecular formula is C18H21NO2S. The molecular weight excluding hydrogens is 294 g/mol. The summed E-state index contributed by atoms with van der Waals surface area (Å²) in [5.41, 5.74) is 2.26. The number of aryl methyl sites for hydroxylation is 2. The average molecular weight is 315 g/mol. The van der Waals surface area contributed by atoms with Crippen molar-refractivity contribution in [3.05, 3.63) is 57.3 Å². The lowest BCUT2D eigenvalue weighted by atomic mass is 10.0. The zero-order valence-electron chi connectivity index (χ0n) is 13.2. The topological polar surface area (TPSA) is 46.2 Å². The number of hydrogen-bond donors (Lipinski definition) is 1. The molecule has 0 aliphatic heterocycles. The first kappa shape index (κ1) is 16.4. The smallest absolute Gasteiger partial charge is 0.220 e. The van der Waals surface area contributed by atoms with E-state index in [9.17, 15) is 9.59 Å². The van der Waals surface area contributed by atoms with Crippen LogP contribution < -0.4 is 5.32 Å². The van der Waals surface area contributed by atoms with Gasteiger partial charge in [0.1, 0.15) is 0 Å². The van der Waals surface area contributed by atoms with Gasteiger partial charge in [0.2, 0.25) is 5.91 Å². The molecule has 0 spiro atoms. The lowest BCUT2D eigenvalue weighted by Gasteiger charge is -2.16. The van der Waals surface area contributed by atoms with Crippen molar-refractivity contribution in [2.24, 2.45) is 0 Å². The van der Waals surface area contributed by atoms with Crippen LogP contribution in [-0.2, 0) is 4.79 Å². The predicted molar refractivity (Wildman–Crippen MR) is 90.4 cm³/mol. The molecule has 0 saturated heterocycles. The van der Waals surface area contributed by atoms with Crippen LogP contribution in [0.25, 0.3) is 0 Å². The number of hydrogen-bond acceptors (Lipinski definition) is 3. The van der Waals surface area contributed by atoms with Crippen molar-refractivity contribution in [1.82, 2.24) is 5.32 Å². The molecule has 0 bridgehead atoms. The Morgan fingerprint density at radius 3 is 2.45 bits per heavy atom. The van der Waals surface area contributed by atoms with Gasteiger partial charge in [0.15, 0.2) is 5.78 Å². The highest BCUT2D eigenvalue weighted by molar-refractivity contribution is 7.14. The first-order chi connectivity index (χ1) is 10.5. The molecule has 1 amide bonds. The average Bonchev–Trinajstić information content (AvgIpc) is 2.91. The van der Waals surface area contributed by atoms with E-state index >= 15 is 0 Å². The van der Waals surface area contributed by atoms with E-state index in [0.717, 1.165) is 20.9 Å². The third kappa shape index (κ3) is 4.28. The van der Waals surface area contributed by atoms with Crippen molar-refractivity contribution in [1.29, 1.82) is 0 Å².